The minimum absolute atomic E-state index is 0.0505. The first-order valence-corrected chi connectivity index (χ1v) is 6.11. The van der Waals surface area contributed by atoms with Crippen LogP contribution in [-0.4, -0.2) is 5.78 Å². The standard InChI is InChI=1S/C16H21NO/c1-15(2,3)12-8-11-14(18)16(4,17)13-9-6-5-7-10-13/h5-7,9-10H,11,17H2,1-4H3. The van der Waals surface area contributed by atoms with Crippen LogP contribution in [0.15, 0.2) is 30.3 Å². The lowest BCUT2D eigenvalue weighted by atomic mass is 9.87. The first-order valence-electron chi connectivity index (χ1n) is 6.11. The molecule has 0 saturated heterocycles. The zero-order valence-corrected chi connectivity index (χ0v) is 11.6. The fraction of sp³-hybridized carbons (Fsp3) is 0.438. The van der Waals surface area contributed by atoms with Gasteiger partial charge in [-0.1, -0.05) is 42.2 Å². The van der Waals surface area contributed by atoms with Gasteiger partial charge < -0.3 is 5.73 Å². The molecular weight excluding hydrogens is 222 g/mol. The minimum atomic E-state index is -0.964. The summed E-state index contributed by atoms with van der Waals surface area (Å²) in [5, 5.41) is 0. The average molecular weight is 243 g/mol. The average Bonchev–Trinajstić information content (AvgIpc) is 2.28. The van der Waals surface area contributed by atoms with Crippen molar-refractivity contribution in [3.05, 3.63) is 35.9 Å². The minimum Gasteiger partial charge on any atom is -0.315 e. The molecule has 1 unspecified atom stereocenters. The van der Waals surface area contributed by atoms with Crippen LogP contribution >= 0.6 is 0 Å². The first-order chi connectivity index (χ1) is 8.23. The van der Waals surface area contributed by atoms with Crippen LogP contribution in [0.1, 0.15) is 39.7 Å². The molecule has 0 radical (unpaired) electrons. The fourth-order valence-corrected chi connectivity index (χ4v) is 1.52. The summed E-state index contributed by atoms with van der Waals surface area (Å²) >= 11 is 0. The van der Waals surface area contributed by atoms with Gasteiger partial charge >= 0.3 is 0 Å². The molecule has 0 heterocycles. The van der Waals surface area contributed by atoms with Crippen molar-refractivity contribution >= 4 is 5.78 Å². The summed E-state index contributed by atoms with van der Waals surface area (Å²) in [6.07, 6.45) is 0.194. The number of nitrogens with two attached hydrogens (primary N) is 1. The van der Waals surface area contributed by atoms with Crippen LogP contribution in [0.25, 0.3) is 0 Å². The summed E-state index contributed by atoms with van der Waals surface area (Å²) in [6.45, 7) is 7.79. The maximum absolute atomic E-state index is 12.1. The molecule has 0 aliphatic heterocycles. The molecule has 96 valence electrons. The Balaban J connectivity index is 2.80. The Kier molecular flexibility index (Phi) is 4.32. The quantitative estimate of drug-likeness (QED) is 0.829. The van der Waals surface area contributed by atoms with E-state index in [4.69, 9.17) is 5.73 Å². The van der Waals surface area contributed by atoms with Crippen molar-refractivity contribution in [2.24, 2.45) is 11.1 Å². The van der Waals surface area contributed by atoms with E-state index in [1.165, 1.54) is 0 Å². The van der Waals surface area contributed by atoms with Gasteiger partial charge in [0.25, 0.3) is 0 Å². The van der Waals surface area contributed by atoms with Gasteiger partial charge in [0, 0.05) is 5.41 Å². The van der Waals surface area contributed by atoms with E-state index >= 15 is 0 Å². The predicted octanol–water partition coefficient (Wildman–Crippen LogP) is 2.87. The third-order valence-corrected chi connectivity index (χ3v) is 2.67. The van der Waals surface area contributed by atoms with Crippen LogP contribution in [-0.2, 0) is 10.3 Å². The van der Waals surface area contributed by atoms with Crippen LogP contribution in [0.4, 0.5) is 0 Å². The molecule has 2 heteroatoms. The van der Waals surface area contributed by atoms with Crippen LogP contribution in [0.2, 0.25) is 0 Å². The number of hydrogen-bond acceptors (Lipinski definition) is 2. The van der Waals surface area contributed by atoms with Gasteiger partial charge in [-0.15, -0.1) is 0 Å². The van der Waals surface area contributed by atoms with Gasteiger partial charge in [-0.3, -0.25) is 4.79 Å². The zero-order chi connectivity index (χ0) is 13.8. The number of ketones is 1. The second-order valence-electron chi connectivity index (χ2n) is 5.72. The van der Waals surface area contributed by atoms with Crippen molar-refractivity contribution in [2.45, 2.75) is 39.7 Å². The molecule has 0 aliphatic carbocycles. The number of Topliss-reactive ketones (excluding diaryl/α,β-unsaturated/α-hetero) is 1. The van der Waals surface area contributed by atoms with Crippen molar-refractivity contribution in [3.63, 3.8) is 0 Å². The van der Waals surface area contributed by atoms with Gasteiger partial charge in [0.2, 0.25) is 0 Å². The highest BCUT2D eigenvalue weighted by Crippen LogP contribution is 2.20. The van der Waals surface area contributed by atoms with Crippen LogP contribution in [0.3, 0.4) is 0 Å². The summed E-state index contributed by atoms with van der Waals surface area (Å²) in [7, 11) is 0. The molecule has 1 atom stereocenters. The second kappa shape index (κ2) is 5.37. The SMILES string of the molecule is CC(C)(C)C#CCC(=O)C(C)(N)c1ccccc1. The third-order valence-electron chi connectivity index (χ3n) is 2.67. The number of carbonyl (C=O) groups is 1. The molecule has 0 amide bonds. The molecule has 0 fully saturated rings. The summed E-state index contributed by atoms with van der Waals surface area (Å²) in [4.78, 5) is 12.1. The molecule has 1 aromatic carbocycles. The van der Waals surface area contributed by atoms with Crippen molar-refractivity contribution in [2.75, 3.05) is 0 Å². The largest absolute Gasteiger partial charge is 0.315 e. The Morgan fingerprint density at radius 3 is 2.22 bits per heavy atom. The molecule has 0 aliphatic rings. The van der Waals surface area contributed by atoms with E-state index in [-0.39, 0.29) is 17.6 Å². The molecule has 0 saturated carbocycles. The molecule has 1 rings (SSSR count). The van der Waals surface area contributed by atoms with E-state index in [0.29, 0.717) is 0 Å². The van der Waals surface area contributed by atoms with Gasteiger partial charge in [-0.05, 0) is 33.3 Å². The highest BCUT2D eigenvalue weighted by atomic mass is 16.1. The van der Waals surface area contributed by atoms with Crippen molar-refractivity contribution < 1.29 is 4.79 Å². The smallest absolute Gasteiger partial charge is 0.168 e. The van der Waals surface area contributed by atoms with Crippen LogP contribution in [0, 0.1) is 17.3 Å². The summed E-state index contributed by atoms with van der Waals surface area (Å²) < 4.78 is 0. The molecular formula is C16H21NO. The van der Waals surface area contributed by atoms with E-state index < -0.39 is 5.54 Å². The van der Waals surface area contributed by atoms with Crippen LogP contribution < -0.4 is 5.73 Å². The topological polar surface area (TPSA) is 43.1 Å². The lowest BCUT2D eigenvalue weighted by Gasteiger charge is -2.22. The van der Waals surface area contributed by atoms with Gasteiger partial charge in [0.05, 0.1) is 12.0 Å². The van der Waals surface area contributed by atoms with Gasteiger partial charge in [0.1, 0.15) is 0 Å². The van der Waals surface area contributed by atoms with Gasteiger partial charge in [-0.2, -0.15) is 0 Å². The van der Waals surface area contributed by atoms with E-state index in [1.807, 2.05) is 51.1 Å². The fourth-order valence-electron chi connectivity index (χ4n) is 1.52. The molecule has 0 spiro atoms. The van der Waals surface area contributed by atoms with Crippen molar-refractivity contribution in [3.8, 4) is 11.8 Å². The van der Waals surface area contributed by atoms with Crippen LogP contribution in [0.5, 0.6) is 0 Å². The van der Waals surface area contributed by atoms with E-state index in [1.54, 1.807) is 6.92 Å². The van der Waals surface area contributed by atoms with Gasteiger partial charge in [0.15, 0.2) is 5.78 Å². The van der Waals surface area contributed by atoms with E-state index in [0.717, 1.165) is 5.56 Å². The summed E-state index contributed by atoms with van der Waals surface area (Å²) in [5.41, 5.74) is 5.89. The Morgan fingerprint density at radius 1 is 1.17 bits per heavy atom. The second-order valence-corrected chi connectivity index (χ2v) is 5.72. The lowest BCUT2D eigenvalue weighted by molar-refractivity contribution is -0.122. The highest BCUT2D eigenvalue weighted by molar-refractivity contribution is 5.90. The maximum Gasteiger partial charge on any atom is 0.168 e. The number of benzene rings is 1. The van der Waals surface area contributed by atoms with Gasteiger partial charge in [-0.25, -0.2) is 0 Å². The lowest BCUT2D eigenvalue weighted by Crippen LogP contribution is -2.41. The molecule has 1 aromatic rings. The molecule has 0 aromatic heterocycles. The maximum atomic E-state index is 12.1. The van der Waals surface area contributed by atoms with E-state index in [2.05, 4.69) is 11.8 Å². The Bertz CT molecular complexity index is 469. The highest BCUT2D eigenvalue weighted by Gasteiger charge is 2.29. The third kappa shape index (κ3) is 4.01. The summed E-state index contributed by atoms with van der Waals surface area (Å²) in [6, 6.07) is 9.41. The predicted molar refractivity (Wildman–Crippen MR) is 74.8 cm³/mol. The number of carbonyl (C=O) groups excluding carboxylic acids is 1. The molecule has 0 bridgehead atoms. The number of hydrogen-bond donors (Lipinski definition) is 1. The zero-order valence-electron chi connectivity index (χ0n) is 11.6. The Labute approximate surface area is 110 Å². The Morgan fingerprint density at radius 2 is 1.72 bits per heavy atom. The molecule has 18 heavy (non-hydrogen) atoms. The normalized spacial score (nSPS) is 14.3. The Hall–Kier alpha value is -1.59. The monoisotopic (exact) mass is 243 g/mol. The molecule has 2 nitrogen and oxygen atoms in total. The summed E-state index contributed by atoms with van der Waals surface area (Å²) in [5.74, 6) is 5.92. The number of rotatable bonds is 3. The first kappa shape index (κ1) is 14.5. The van der Waals surface area contributed by atoms with Crippen molar-refractivity contribution in [1.82, 2.24) is 0 Å². The van der Waals surface area contributed by atoms with E-state index in [9.17, 15) is 4.79 Å². The molecule has 2 N–H and O–H groups in total. The van der Waals surface area contributed by atoms with Crippen molar-refractivity contribution in [1.29, 1.82) is 0 Å².